The molecule has 10 heteroatoms. The molecule has 3 rings (SSSR count). The van der Waals surface area contributed by atoms with E-state index in [-0.39, 0.29) is 17.4 Å². The molecule has 0 radical (unpaired) electrons. The van der Waals surface area contributed by atoms with Crippen molar-refractivity contribution in [3.05, 3.63) is 52.4 Å². The highest BCUT2D eigenvalue weighted by molar-refractivity contribution is 6.32. The number of amides is 1. The van der Waals surface area contributed by atoms with Crippen molar-refractivity contribution in [2.45, 2.75) is 31.9 Å². The number of carbonyl (C=O) groups excluding carboxylic acids is 1. The van der Waals surface area contributed by atoms with Crippen LogP contribution in [-0.4, -0.2) is 34.1 Å². The SMILES string of the molecule is Cc1ccc(Cl)c(OCc2ccc(C(=O)N3N=CC[C@]3(O)C(F)(F)F)o2)c1. The second-order valence-electron chi connectivity index (χ2n) is 5.92. The van der Waals surface area contributed by atoms with Gasteiger partial charge in [-0.05, 0) is 36.8 Å². The van der Waals surface area contributed by atoms with Crippen LogP contribution in [0.15, 0.2) is 39.9 Å². The van der Waals surface area contributed by atoms with E-state index in [2.05, 4.69) is 5.10 Å². The minimum atomic E-state index is -5.07. The summed E-state index contributed by atoms with van der Waals surface area (Å²) in [5.41, 5.74) is -2.48. The molecule has 2 heterocycles. The molecule has 1 N–H and O–H groups in total. The van der Waals surface area contributed by atoms with Gasteiger partial charge in [-0.15, -0.1) is 0 Å². The Hall–Kier alpha value is -2.52. The predicted molar refractivity (Wildman–Crippen MR) is 89.5 cm³/mol. The van der Waals surface area contributed by atoms with Gasteiger partial charge in [0.2, 0.25) is 0 Å². The first-order valence-corrected chi connectivity index (χ1v) is 8.13. The van der Waals surface area contributed by atoms with Crippen molar-refractivity contribution in [2.24, 2.45) is 5.10 Å². The molecule has 0 fully saturated rings. The fraction of sp³-hybridized carbons (Fsp3) is 0.294. The Labute approximate surface area is 156 Å². The van der Waals surface area contributed by atoms with E-state index in [9.17, 15) is 23.1 Å². The molecule has 0 unspecified atom stereocenters. The number of alkyl halides is 3. The standard InChI is InChI=1S/C17H14ClF3N2O4/c1-10-2-4-12(18)14(8-10)26-9-11-3-5-13(27-11)15(24)23-16(25,6-7-22-23)17(19,20)21/h2-5,7-8,25H,6,9H2,1H3/t16-/m0/s1. The van der Waals surface area contributed by atoms with E-state index in [1.807, 2.05) is 6.92 Å². The van der Waals surface area contributed by atoms with Crippen LogP contribution in [0, 0.1) is 6.92 Å². The summed E-state index contributed by atoms with van der Waals surface area (Å²) in [6.45, 7) is 1.76. The highest BCUT2D eigenvalue weighted by Crippen LogP contribution is 2.39. The molecule has 0 spiro atoms. The fourth-order valence-electron chi connectivity index (χ4n) is 2.43. The Morgan fingerprint density at radius 2 is 2.15 bits per heavy atom. The van der Waals surface area contributed by atoms with Crippen LogP contribution in [0.25, 0.3) is 0 Å². The minimum absolute atomic E-state index is 0.0338. The van der Waals surface area contributed by atoms with Crippen LogP contribution >= 0.6 is 11.6 Å². The third-order valence-corrected chi connectivity index (χ3v) is 4.21. The molecule has 0 aliphatic carbocycles. The minimum Gasteiger partial charge on any atom is -0.484 e. The van der Waals surface area contributed by atoms with Gasteiger partial charge in [-0.3, -0.25) is 4.79 Å². The van der Waals surface area contributed by atoms with Gasteiger partial charge >= 0.3 is 12.1 Å². The molecule has 1 amide bonds. The van der Waals surface area contributed by atoms with Gasteiger partial charge in [0.15, 0.2) is 5.76 Å². The summed E-state index contributed by atoms with van der Waals surface area (Å²) in [5, 5.41) is 13.5. The first kappa shape index (κ1) is 19.2. The maximum absolute atomic E-state index is 13.1. The highest BCUT2D eigenvalue weighted by Gasteiger charge is 2.61. The van der Waals surface area contributed by atoms with E-state index in [0.717, 1.165) is 11.8 Å². The second kappa shape index (κ2) is 6.90. The molecular weight excluding hydrogens is 389 g/mol. The van der Waals surface area contributed by atoms with Crippen molar-refractivity contribution in [3.8, 4) is 5.75 Å². The topological polar surface area (TPSA) is 75.3 Å². The van der Waals surface area contributed by atoms with E-state index in [1.165, 1.54) is 12.1 Å². The van der Waals surface area contributed by atoms with Crippen molar-refractivity contribution in [3.63, 3.8) is 0 Å². The second-order valence-corrected chi connectivity index (χ2v) is 6.33. The zero-order valence-corrected chi connectivity index (χ0v) is 14.7. The molecule has 27 heavy (non-hydrogen) atoms. The lowest BCUT2D eigenvalue weighted by Gasteiger charge is -2.31. The number of carbonyl (C=O) groups is 1. The summed E-state index contributed by atoms with van der Waals surface area (Å²) in [6, 6.07) is 7.73. The lowest BCUT2D eigenvalue weighted by molar-refractivity contribution is -0.297. The molecule has 0 saturated carbocycles. The Balaban J connectivity index is 1.73. The maximum atomic E-state index is 13.1. The Morgan fingerprint density at radius 3 is 2.85 bits per heavy atom. The summed E-state index contributed by atoms with van der Waals surface area (Å²) >= 11 is 6.01. The number of aryl methyl sites for hydroxylation is 1. The molecular formula is C17H14ClF3N2O4. The van der Waals surface area contributed by atoms with Gasteiger partial charge in [0.05, 0.1) is 5.02 Å². The third-order valence-electron chi connectivity index (χ3n) is 3.90. The number of halogens is 4. The molecule has 1 aromatic heterocycles. The smallest absolute Gasteiger partial charge is 0.438 e. The van der Waals surface area contributed by atoms with Crippen molar-refractivity contribution in [1.29, 1.82) is 0 Å². The average molecular weight is 403 g/mol. The molecule has 1 aliphatic heterocycles. The van der Waals surface area contributed by atoms with Crippen molar-refractivity contribution in [1.82, 2.24) is 5.01 Å². The molecule has 0 saturated heterocycles. The van der Waals surface area contributed by atoms with E-state index < -0.39 is 30.0 Å². The van der Waals surface area contributed by atoms with Gasteiger partial charge in [0, 0.05) is 12.6 Å². The number of ether oxygens (including phenoxy) is 1. The summed E-state index contributed by atoms with van der Waals surface area (Å²) in [5.74, 6) is -1.04. The summed E-state index contributed by atoms with van der Waals surface area (Å²) < 4.78 is 50.0. The molecule has 1 aliphatic rings. The Kier molecular flexibility index (Phi) is 4.92. The largest absolute Gasteiger partial charge is 0.484 e. The molecule has 1 atom stereocenters. The van der Waals surface area contributed by atoms with Crippen LogP contribution in [0.1, 0.15) is 28.3 Å². The van der Waals surface area contributed by atoms with Gasteiger partial charge in [0.1, 0.15) is 18.1 Å². The summed E-state index contributed by atoms with van der Waals surface area (Å²) in [4.78, 5) is 12.3. The first-order chi connectivity index (χ1) is 12.6. The number of rotatable bonds is 4. The van der Waals surface area contributed by atoms with Crippen LogP contribution in [0.5, 0.6) is 5.75 Å². The maximum Gasteiger partial charge on any atom is 0.438 e. The number of benzene rings is 1. The van der Waals surface area contributed by atoms with Gasteiger partial charge in [-0.1, -0.05) is 17.7 Å². The normalized spacial score (nSPS) is 19.6. The molecule has 2 aromatic rings. The quantitative estimate of drug-likeness (QED) is 0.841. The van der Waals surface area contributed by atoms with Crippen molar-refractivity contribution < 1.29 is 32.2 Å². The lowest BCUT2D eigenvalue weighted by Crippen LogP contribution is -2.56. The predicted octanol–water partition coefficient (Wildman–Crippen LogP) is 3.90. The Morgan fingerprint density at radius 1 is 1.41 bits per heavy atom. The zero-order valence-electron chi connectivity index (χ0n) is 14.0. The fourth-order valence-corrected chi connectivity index (χ4v) is 2.60. The van der Waals surface area contributed by atoms with Crippen molar-refractivity contribution in [2.75, 3.05) is 0 Å². The monoisotopic (exact) mass is 402 g/mol. The van der Waals surface area contributed by atoms with Gasteiger partial charge in [0.25, 0.3) is 5.72 Å². The Bertz CT molecular complexity index is 897. The van der Waals surface area contributed by atoms with E-state index in [0.29, 0.717) is 10.8 Å². The zero-order chi connectivity index (χ0) is 19.8. The summed E-state index contributed by atoms with van der Waals surface area (Å²) in [6.07, 6.45) is -5.11. The van der Waals surface area contributed by atoms with Crippen LogP contribution in [0.4, 0.5) is 13.2 Å². The van der Waals surface area contributed by atoms with Gasteiger partial charge in [-0.2, -0.15) is 23.3 Å². The number of aliphatic hydroxyl groups is 1. The van der Waals surface area contributed by atoms with Crippen LogP contribution in [0.3, 0.4) is 0 Å². The first-order valence-electron chi connectivity index (χ1n) is 7.75. The number of hydrogen-bond acceptors (Lipinski definition) is 5. The molecule has 1 aromatic carbocycles. The summed E-state index contributed by atoms with van der Waals surface area (Å²) in [7, 11) is 0. The van der Waals surface area contributed by atoms with Crippen LogP contribution < -0.4 is 4.74 Å². The van der Waals surface area contributed by atoms with Gasteiger partial charge < -0.3 is 14.3 Å². The number of hydrogen-bond donors (Lipinski definition) is 1. The van der Waals surface area contributed by atoms with Gasteiger partial charge in [-0.25, -0.2) is 0 Å². The number of nitrogens with zero attached hydrogens (tertiary/aromatic N) is 2. The third kappa shape index (κ3) is 3.65. The van der Waals surface area contributed by atoms with Crippen LogP contribution in [0.2, 0.25) is 5.02 Å². The average Bonchev–Trinajstić information content (AvgIpc) is 3.22. The molecule has 0 bridgehead atoms. The number of hydrazone groups is 1. The van der Waals surface area contributed by atoms with Crippen molar-refractivity contribution >= 4 is 23.7 Å². The van der Waals surface area contributed by atoms with E-state index in [4.69, 9.17) is 20.8 Å². The molecule has 6 nitrogen and oxygen atoms in total. The van der Waals surface area contributed by atoms with E-state index in [1.54, 1.807) is 18.2 Å². The number of furan rings is 1. The van der Waals surface area contributed by atoms with E-state index >= 15 is 0 Å². The van der Waals surface area contributed by atoms with Crippen LogP contribution in [-0.2, 0) is 6.61 Å². The molecule has 144 valence electrons. The lowest BCUT2D eigenvalue weighted by atomic mass is 10.1. The highest BCUT2D eigenvalue weighted by atomic mass is 35.5.